The predicted octanol–water partition coefficient (Wildman–Crippen LogP) is 4.81. The van der Waals surface area contributed by atoms with E-state index >= 15 is 0 Å². The number of anilines is 2. The van der Waals surface area contributed by atoms with Gasteiger partial charge in [0.15, 0.2) is 5.75 Å². The number of β-amino-alcohol motifs (C(OH)–C–C–N with tert-alkyl or cyclic N) is 1. The molecule has 2 fully saturated rings. The van der Waals surface area contributed by atoms with Crippen LogP contribution in [0, 0.1) is 5.82 Å². The Bertz CT molecular complexity index is 1290. The van der Waals surface area contributed by atoms with Crippen molar-refractivity contribution < 1.29 is 50.2 Å². The Morgan fingerprint density at radius 1 is 1.05 bits per heavy atom. The van der Waals surface area contributed by atoms with E-state index in [1.807, 2.05) is 4.90 Å². The normalized spacial score (nSPS) is 20.4. The number of carbonyl (C=O) groups excluding carboxylic acids is 2. The highest BCUT2D eigenvalue weighted by molar-refractivity contribution is 5.97. The molecule has 1 unspecified atom stereocenters. The maximum Gasteiger partial charge on any atom is 0.420 e. The fourth-order valence-electron chi connectivity index (χ4n) is 4.72. The molecule has 15 heteroatoms. The van der Waals surface area contributed by atoms with Gasteiger partial charge in [-0.1, -0.05) is 0 Å². The number of likely N-dealkylation sites (tertiary alicyclic amines) is 1. The third kappa shape index (κ3) is 6.09. The van der Waals surface area contributed by atoms with Gasteiger partial charge in [-0.2, -0.15) is 26.3 Å². The minimum atomic E-state index is -5.41. The molecule has 2 heterocycles. The largest absolute Gasteiger partial charge is 0.420 e. The lowest BCUT2D eigenvalue weighted by Crippen LogP contribution is -2.46. The third-order valence-corrected chi connectivity index (χ3v) is 6.77. The maximum atomic E-state index is 14.1. The number of aliphatic hydroxyl groups is 1. The van der Waals surface area contributed by atoms with Gasteiger partial charge in [0.25, 0.3) is 0 Å². The van der Waals surface area contributed by atoms with Gasteiger partial charge in [-0.05, 0) is 49.9 Å². The van der Waals surface area contributed by atoms with Crippen LogP contribution in [0.25, 0.3) is 0 Å². The number of hydrogen-bond acceptors (Lipinski definition) is 5. The summed E-state index contributed by atoms with van der Waals surface area (Å²) in [5.41, 5.74) is -5.82. The first-order valence-corrected chi connectivity index (χ1v) is 12.0. The van der Waals surface area contributed by atoms with Gasteiger partial charge in [-0.3, -0.25) is 9.80 Å². The van der Waals surface area contributed by atoms with E-state index in [2.05, 4.69) is 0 Å². The van der Waals surface area contributed by atoms with Crippen molar-refractivity contribution in [1.29, 1.82) is 0 Å². The van der Waals surface area contributed by atoms with Crippen LogP contribution >= 0.6 is 0 Å². The lowest BCUT2D eigenvalue weighted by molar-refractivity contribution is -0.143. The quantitative estimate of drug-likeness (QED) is 0.516. The summed E-state index contributed by atoms with van der Waals surface area (Å²) in [5.74, 6) is -1.95. The molecule has 2 aromatic rings. The van der Waals surface area contributed by atoms with Crippen molar-refractivity contribution in [2.75, 3.05) is 56.6 Å². The molecule has 0 spiro atoms. The van der Waals surface area contributed by atoms with Crippen molar-refractivity contribution >= 4 is 23.5 Å². The molecule has 218 valence electrons. The molecule has 2 aliphatic rings. The molecule has 1 N–H and O–H groups in total. The highest BCUT2D eigenvalue weighted by atomic mass is 19.4. The summed E-state index contributed by atoms with van der Waals surface area (Å²) < 4.78 is 101. The standard InChI is InChI=1S/C25H25F7N4O4/c1-33-8-7-23(39,13-33)14-35-9-10-36(21(35)37)19-12-15(24(27,28)29)11-18(25(30,31)32)20(19)40-22(38)34(2)17-5-3-16(26)4-6-17/h3-6,11-12,39H,7-10,13-14H2,1-2H3. The molecule has 2 aromatic carbocycles. The third-order valence-electron chi connectivity index (χ3n) is 6.77. The van der Waals surface area contributed by atoms with Crippen LogP contribution in [0.5, 0.6) is 5.75 Å². The summed E-state index contributed by atoms with van der Waals surface area (Å²) in [6, 6.07) is 3.41. The van der Waals surface area contributed by atoms with Gasteiger partial charge in [-0.25, -0.2) is 14.0 Å². The van der Waals surface area contributed by atoms with Crippen molar-refractivity contribution in [2.45, 2.75) is 24.4 Å². The molecular weight excluding hydrogens is 553 g/mol. The van der Waals surface area contributed by atoms with Crippen molar-refractivity contribution in [3.05, 3.63) is 53.3 Å². The summed E-state index contributed by atoms with van der Waals surface area (Å²) in [4.78, 5) is 30.4. The summed E-state index contributed by atoms with van der Waals surface area (Å²) in [7, 11) is 2.86. The monoisotopic (exact) mass is 578 g/mol. The summed E-state index contributed by atoms with van der Waals surface area (Å²) in [5, 5.41) is 10.8. The van der Waals surface area contributed by atoms with Crippen molar-refractivity contribution in [3.63, 3.8) is 0 Å². The number of likely N-dealkylation sites (N-methyl/N-ethyl adjacent to an activating group) is 1. The molecular formula is C25H25F7N4O4. The van der Waals surface area contributed by atoms with Crippen molar-refractivity contribution in [1.82, 2.24) is 9.80 Å². The van der Waals surface area contributed by atoms with E-state index in [9.17, 15) is 45.4 Å². The lowest BCUT2D eigenvalue weighted by atomic mass is 10.0. The van der Waals surface area contributed by atoms with Crippen molar-refractivity contribution in [2.24, 2.45) is 0 Å². The van der Waals surface area contributed by atoms with E-state index in [1.165, 1.54) is 0 Å². The second-order valence-corrected chi connectivity index (χ2v) is 9.84. The van der Waals surface area contributed by atoms with Gasteiger partial charge in [-0.15, -0.1) is 0 Å². The highest BCUT2D eigenvalue weighted by Gasteiger charge is 2.45. The molecule has 1 atom stereocenters. The van der Waals surface area contributed by atoms with Crippen LogP contribution in [0.3, 0.4) is 0 Å². The Morgan fingerprint density at radius 2 is 1.70 bits per heavy atom. The summed E-state index contributed by atoms with van der Waals surface area (Å²) in [6.07, 6.45) is -11.8. The van der Waals surface area contributed by atoms with Crippen LogP contribution in [-0.2, 0) is 12.4 Å². The van der Waals surface area contributed by atoms with Crippen LogP contribution in [0.15, 0.2) is 36.4 Å². The summed E-state index contributed by atoms with van der Waals surface area (Å²) >= 11 is 0. The Kier molecular flexibility index (Phi) is 7.66. The molecule has 4 rings (SSSR count). The van der Waals surface area contributed by atoms with Gasteiger partial charge in [0, 0.05) is 38.9 Å². The zero-order chi connectivity index (χ0) is 29.6. The van der Waals surface area contributed by atoms with Gasteiger partial charge in [0.1, 0.15) is 11.4 Å². The van der Waals surface area contributed by atoms with Gasteiger partial charge in [0.2, 0.25) is 0 Å². The Balaban J connectivity index is 1.74. The number of hydrogen-bond donors (Lipinski definition) is 1. The number of ether oxygens (including phenoxy) is 1. The first-order valence-electron chi connectivity index (χ1n) is 12.0. The molecule has 2 saturated heterocycles. The van der Waals surface area contributed by atoms with Gasteiger partial charge < -0.3 is 19.6 Å². The first kappa shape index (κ1) is 29.4. The van der Waals surface area contributed by atoms with Crippen LogP contribution in [0.4, 0.5) is 51.7 Å². The van der Waals surface area contributed by atoms with Gasteiger partial charge in [0.05, 0.1) is 23.4 Å². The SMILES string of the molecule is CN1CCC(O)(CN2CCN(c3cc(C(F)(F)F)cc(C(F)(F)F)c3OC(=O)N(C)c3ccc(F)cc3)C2=O)C1. The molecule has 0 saturated carbocycles. The zero-order valence-corrected chi connectivity index (χ0v) is 21.3. The Morgan fingerprint density at radius 3 is 2.25 bits per heavy atom. The minimum Gasteiger partial charge on any atom is -0.407 e. The number of carbonyl (C=O) groups is 2. The Hall–Kier alpha value is -3.59. The van der Waals surface area contributed by atoms with E-state index in [1.54, 1.807) is 7.05 Å². The van der Waals surface area contributed by atoms with Crippen LogP contribution in [0.1, 0.15) is 17.5 Å². The van der Waals surface area contributed by atoms with E-state index in [0.717, 1.165) is 41.1 Å². The second kappa shape index (κ2) is 10.4. The lowest BCUT2D eigenvalue weighted by Gasteiger charge is -2.29. The van der Waals surface area contributed by atoms with Gasteiger partial charge >= 0.3 is 24.5 Å². The van der Waals surface area contributed by atoms with Crippen LogP contribution in [0.2, 0.25) is 0 Å². The molecule has 0 aliphatic carbocycles. The van der Waals surface area contributed by atoms with Crippen LogP contribution in [-0.4, -0.2) is 79.5 Å². The highest BCUT2D eigenvalue weighted by Crippen LogP contribution is 2.47. The van der Waals surface area contributed by atoms with Crippen LogP contribution < -0.4 is 14.5 Å². The van der Waals surface area contributed by atoms with E-state index in [4.69, 9.17) is 4.74 Å². The first-order chi connectivity index (χ1) is 18.5. The number of amides is 3. The Labute approximate surface area is 224 Å². The van der Waals surface area contributed by atoms with E-state index in [-0.39, 0.29) is 37.9 Å². The number of nitrogens with zero attached hydrogens (tertiary/aromatic N) is 4. The predicted molar refractivity (Wildman–Crippen MR) is 129 cm³/mol. The summed E-state index contributed by atoms with van der Waals surface area (Å²) in [6.45, 7) is 0.122. The number of urea groups is 1. The van der Waals surface area contributed by atoms with E-state index in [0.29, 0.717) is 23.9 Å². The second-order valence-electron chi connectivity index (χ2n) is 9.84. The smallest absolute Gasteiger partial charge is 0.407 e. The minimum absolute atomic E-state index is 0.0200. The molecule has 3 amide bonds. The molecule has 0 radical (unpaired) electrons. The zero-order valence-electron chi connectivity index (χ0n) is 21.3. The molecule has 2 aliphatic heterocycles. The van der Waals surface area contributed by atoms with E-state index < -0.39 is 58.5 Å². The topological polar surface area (TPSA) is 76.6 Å². The molecule has 40 heavy (non-hydrogen) atoms. The fourth-order valence-corrected chi connectivity index (χ4v) is 4.72. The maximum absolute atomic E-state index is 14.1. The van der Waals surface area contributed by atoms with Crippen molar-refractivity contribution in [3.8, 4) is 5.75 Å². The average molecular weight is 578 g/mol. The molecule has 8 nitrogen and oxygen atoms in total. The number of benzene rings is 2. The number of alkyl halides is 6. The molecule has 0 bridgehead atoms. The fraction of sp³-hybridized carbons (Fsp3) is 0.440. The average Bonchev–Trinajstić information content (AvgIpc) is 3.38. The number of rotatable bonds is 5. The number of halogens is 7. The molecule has 0 aromatic heterocycles.